The van der Waals surface area contributed by atoms with Crippen molar-refractivity contribution in [3.05, 3.63) is 45.5 Å². The molecule has 1 aliphatic rings. The van der Waals surface area contributed by atoms with Gasteiger partial charge in [0.05, 0.1) is 19.9 Å². The second-order valence-corrected chi connectivity index (χ2v) is 8.53. The molecule has 1 saturated heterocycles. The molecular formula is C22H25ClF2N4O2. The van der Waals surface area contributed by atoms with Crippen LogP contribution in [0.4, 0.5) is 8.78 Å². The highest BCUT2D eigenvalue weighted by molar-refractivity contribution is 6.32. The molecule has 0 amide bonds. The average Bonchev–Trinajstić information content (AvgIpc) is 3.21. The lowest BCUT2D eigenvalue weighted by Gasteiger charge is -2.38. The van der Waals surface area contributed by atoms with Gasteiger partial charge >= 0.3 is 0 Å². The number of H-pyrrole nitrogens is 1. The Hall–Kier alpha value is -2.45. The summed E-state index contributed by atoms with van der Waals surface area (Å²) in [7, 11) is 3.20. The number of aryl methyl sites for hydroxylation is 1. The summed E-state index contributed by atoms with van der Waals surface area (Å²) in [6, 6.07) is 3.60. The molecular weight excluding hydrogens is 426 g/mol. The molecule has 0 radical (unpaired) electrons. The number of piperidine rings is 1. The average molecular weight is 451 g/mol. The van der Waals surface area contributed by atoms with Crippen molar-refractivity contribution in [3.63, 3.8) is 0 Å². The third-order valence-corrected chi connectivity index (χ3v) is 6.51. The Morgan fingerprint density at radius 1 is 1.39 bits per heavy atom. The summed E-state index contributed by atoms with van der Waals surface area (Å²) in [5.41, 5.74) is 2.42. The number of halogens is 3. The van der Waals surface area contributed by atoms with Crippen LogP contribution in [-0.4, -0.2) is 45.8 Å². The van der Waals surface area contributed by atoms with Crippen molar-refractivity contribution in [1.29, 1.82) is 0 Å². The van der Waals surface area contributed by atoms with E-state index in [-0.39, 0.29) is 18.6 Å². The van der Waals surface area contributed by atoms with Gasteiger partial charge in [-0.05, 0) is 37.1 Å². The number of alkyl halides is 2. The Balaban J connectivity index is 1.70. The maximum absolute atomic E-state index is 14.4. The molecule has 0 aliphatic carbocycles. The van der Waals surface area contributed by atoms with E-state index in [1.54, 1.807) is 30.4 Å². The number of methoxy groups -OCH3 is 1. The van der Waals surface area contributed by atoms with Gasteiger partial charge in [0, 0.05) is 47.2 Å². The van der Waals surface area contributed by atoms with Crippen molar-refractivity contribution in [3.8, 4) is 16.9 Å². The summed E-state index contributed by atoms with van der Waals surface area (Å²) < 4.78 is 35.9. The van der Waals surface area contributed by atoms with Gasteiger partial charge in [-0.15, -0.1) is 0 Å². The fourth-order valence-corrected chi connectivity index (χ4v) is 4.67. The number of fused-ring (bicyclic) bond motifs is 1. The number of benzene rings is 1. The Labute approximate surface area is 183 Å². The van der Waals surface area contributed by atoms with Crippen LogP contribution >= 0.6 is 11.6 Å². The summed E-state index contributed by atoms with van der Waals surface area (Å²) >= 11 is 6.62. The third-order valence-electron chi connectivity index (χ3n) is 6.17. The molecule has 3 heterocycles. The highest BCUT2D eigenvalue weighted by Gasteiger charge is 2.43. The van der Waals surface area contributed by atoms with E-state index in [4.69, 9.17) is 16.3 Å². The van der Waals surface area contributed by atoms with Crippen molar-refractivity contribution in [2.75, 3.05) is 20.2 Å². The van der Waals surface area contributed by atoms with Crippen LogP contribution in [0.1, 0.15) is 25.3 Å². The minimum Gasteiger partial charge on any atom is -0.496 e. The summed E-state index contributed by atoms with van der Waals surface area (Å²) in [6.45, 7) is 2.39. The molecule has 3 aromatic rings. The summed E-state index contributed by atoms with van der Waals surface area (Å²) in [5, 5.41) is 7.84. The maximum atomic E-state index is 14.4. The number of aromatic nitrogens is 3. The second kappa shape index (κ2) is 8.24. The second-order valence-electron chi connectivity index (χ2n) is 8.12. The molecule has 2 aromatic heterocycles. The monoisotopic (exact) mass is 450 g/mol. The molecule has 166 valence electrons. The first-order valence-corrected chi connectivity index (χ1v) is 10.6. The van der Waals surface area contributed by atoms with Gasteiger partial charge in [0.25, 0.3) is 11.5 Å². The molecule has 0 bridgehead atoms. The number of hydrogen-bond donors (Lipinski definition) is 1. The lowest BCUT2D eigenvalue weighted by molar-refractivity contribution is -0.113. The Morgan fingerprint density at radius 2 is 2.16 bits per heavy atom. The maximum Gasteiger partial charge on any atom is 0.276 e. The van der Waals surface area contributed by atoms with Gasteiger partial charge in [0.1, 0.15) is 11.3 Å². The normalized spacial score (nSPS) is 19.1. The van der Waals surface area contributed by atoms with Crippen LogP contribution in [0.5, 0.6) is 5.75 Å². The number of hydrogen-bond acceptors (Lipinski definition) is 4. The summed E-state index contributed by atoms with van der Waals surface area (Å²) in [6.07, 6.45) is 4.25. The first-order chi connectivity index (χ1) is 14.7. The Morgan fingerprint density at radius 3 is 2.84 bits per heavy atom. The molecule has 1 atom stereocenters. The van der Waals surface area contributed by atoms with Crippen LogP contribution in [0.2, 0.25) is 5.02 Å². The zero-order valence-corrected chi connectivity index (χ0v) is 18.5. The number of aromatic amines is 1. The van der Waals surface area contributed by atoms with E-state index in [9.17, 15) is 13.6 Å². The standard InChI is InChI=1S/C22H25ClF2N4O2/c1-4-14-5-6-29(12-22(14,24)25)11-17-18(23)7-13(8-19(17)31-3)16-10-28(2)21(30)20-15(16)9-26-27-20/h7-10,14H,4-6,11-12H2,1-3H3,(H,26,27). The highest BCUT2D eigenvalue weighted by atomic mass is 35.5. The molecule has 1 fully saturated rings. The topological polar surface area (TPSA) is 63.2 Å². The smallest absolute Gasteiger partial charge is 0.276 e. The Kier molecular flexibility index (Phi) is 5.79. The van der Waals surface area contributed by atoms with E-state index in [2.05, 4.69) is 10.2 Å². The third kappa shape index (κ3) is 3.94. The molecule has 0 saturated carbocycles. The van der Waals surface area contributed by atoms with Gasteiger partial charge < -0.3 is 9.30 Å². The van der Waals surface area contributed by atoms with Crippen LogP contribution in [0.25, 0.3) is 22.0 Å². The van der Waals surface area contributed by atoms with Crippen molar-refractivity contribution >= 4 is 22.5 Å². The predicted octanol–water partition coefficient (Wildman–Crippen LogP) is 4.46. The van der Waals surface area contributed by atoms with Crippen LogP contribution < -0.4 is 10.3 Å². The minimum absolute atomic E-state index is 0.178. The van der Waals surface area contributed by atoms with Crippen LogP contribution in [0.15, 0.2) is 29.3 Å². The van der Waals surface area contributed by atoms with E-state index >= 15 is 0 Å². The lowest BCUT2D eigenvalue weighted by atomic mass is 9.90. The molecule has 9 heteroatoms. The van der Waals surface area contributed by atoms with Crippen LogP contribution in [-0.2, 0) is 13.6 Å². The summed E-state index contributed by atoms with van der Waals surface area (Å²) in [4.78, 5) is 14.0. The Bertz CT molecular complexity index is 1170. The zero-order valence-electron chi connectivity index (χ0n) is 17.7. The van der Waals surface area contributed by atoms with Gasteiger partial charge in [-0.2, -0.15) is 5.10 Å². The number of nitrogens with one attached hydrogen (secondary N) is 1. The number of likely N-dealkylation sites (tertiary alicyclic amines) is 1. The van der Waals surface area contributed by atoms with Crippen LogP contribution in [0.3, 0.4) is 0 Å². The summed E-state index contributed by atoms with van der Waals surface area (Å²) in [5.74, 6) is -2.77. The van der Waals surface area contributed by atoms with Crippen molar-refractivity contribution < 1.29 is 13.5 Å². The number of nitrogens with zero attached hydrogens (tertiary/aromatic N) is 3. The molecule has 1 unspecified atom stereocenters. The molecule has 31 heavy (non-hydrogen) atoms. The number of pyridine rings is 1. The van der Waals surface area contributed by atoms with E-state index in [0.717, 1.165) is 11.1 Å². The van der Waals surface area contributed by atoms with Gasteiger partial charge in [-0.3, -0.25) is 14.8 Å². The molecule has 1 aliphatic heterocycles. The molecule has 1 N–H and O–H groups in total. The van der Waals surface area contributed by atoms with E-state index < -0.39 is 11.8 Å². The molecule has 0 spiro atoms. The van der Waals surface area contributed by atoms with E-state index in [1.807, 2.05) is 13.0 Å². The highest BCUT2D eigenvalue weighted by Crippen LogP contribution is 2.39. The van der Waals surface area contributed by atoms with Crippen LogP contribution in [0, 0.1) is 5.92 Å². The molecule has 6 nitrogen and oxygen atoms in total. The zero-order chi connectivity index (χ0) is 22.3. The number of ether oxygens (including phenoxy) is 1. The van der Waals surface area contributed by atoms with Gasteiger partial charge in [0.15, 0.2) is 0 Å². The lowest BCUT2D eigenvalue weighted by Crippen LogP contribution is -2.47. The largest absolute Gasteiger partial charge is 0.496 e. The first-order valence-electron chi connectivity index (χ1n) is 10.2. The van der Waals surface area contributed by atoms with E-state index in [0.29, 0.717) is 46.6 Å². The fourth-order valence-electron chi connectivity index (χ4n) is 4.40. The SMILES string of the molecule is CCC1CCN(Cc2c(Cl)cc(-c3cn(C)c(=O)c4[nH]ncc34)cc2OC)CC1(F)F. The van der Waals surface area contributed by atoms with Crippen molar-refractivity contribution in [2.45, 2.75) is 32.2 Å². The quantitative estimate of drug-likeness (QED) is 0.623. The first kappa shape index (κ1) is 21.8. The minimum atomic E-state index is -2.71. The fraction of sp³-hybridized carbons (Fsp3) is 0.455. The molecule has 4 rings (SSSR count). The van der Waals surface area contributed by atoms with E-state index in [1.165, 1.54) is 11.7 Å². The van der Waals surface area contributed by atoms with Gasteiger partial charge in [0.2, 0.25) is 0 Å². The molecule has 1 aromatic carbocycles. The van der Waals surface area contributed by atoms with Gasteiger partial charge in [-0.1, -0.05) is 18.5 Å². The van der Waals surface area contributed by atoms with Gasteiger partial charge in [-0.25, -0.2) is 8.78 Å². The number of rotatable bonds is 5. The van der Waals surface area contributed by atoms with Crippen molar-refractivity contribution in [2.24, 2.45) is 13.0 Å². The van der Waals surface area contributed by atoms with Crippen molar-refractivity contribution in [1.82, 2.24) is 19.7 Å². The predicted molar refractivity (Wildman–Crippen MR) is 117 cm³/mol.